The highest BCUT2D eigenvalue weighted by Crippen LogP contribution is 2.32. The Balaban J connectivity index is 3.28. The van der Waals surface area contributed by atoms with Gasteiger partial charge in [0.2, 0.25) is 0 Å². The standard InChI is InChI=1S/C8H8BrNO3/c1-5-3-6(10(11)12)4-7(9)8(5)13-2/h3-4H,1-2H3. The van der Waals surface area contributed by atoms with Crippen LogP contribution in [0.15, 0.2) is 16.6 Å². The molecule has 0 aliphatic heterocycles. The Hall–Kier alpha value is -1.10. The average Bonchev–Trinajstić information content (AvgIpc) is 2.03. The molecule has 1 aromatic carbocycles. The normalized spacial score (nSPS) is 9.77. The van der Waals surface area contributed by atoms with Crippen LogP contribution in [0.2, 0.25) is 0 Å². The van der Waals surface area contributed by atoms with Crippen molar-refractivity contribution in [1.82, 2.24) is 0 Å². The molecule has 0 saturated carbocycles. The summed E-state index contributed by atoms with van der Waals surface area (Å²) >= 11 is 3.20. The van der Waals surface area contributed by atoms with Crippen LogP contribution >= 0.6 is 15.9 Å². The quantitative estimate of drug-likeness (QED) is 0.595. The van der Waals surface area contributed by atoms with Crippen molar-refractivity contribution >= 4 is 21.6 Å². The molecule has 0 atom stereocenters. The fraction of sp³-hybridized carbons (Fsp3) is 0.250. The Morgan fingerprint density at radius 2 is 2.15 bits per heavy atom. The summed E-state index contributed by atoms with van der Waals surface area (Å²) in [7, 11) is 1.53. The summed E-state index contributed by atoms with van der Waals surface area (Å²) in [4.78, 5) is 10.0. The average molecular weight is 246 g/mol. The van der Waals surface area contributed by atoms with Crippen molar-refractivity contribution in [2.45, 2.75) is 6.92 Å². The molecular formula is C8H8BrNO3. The maximum Gasteiger partial charge on any atom is 0.271 e. The van der Waals surface area contributed by atoms with Crippen molar-refractivity contribution in [3.8, 4) is 5.75 Å². The number of nitrogens with zero attached hydrogens (tertiary/aromatic N) is 1. The van der Waals surface area contributed by atoms with Gasteiger partial charge in [-0.1, -0.05) is 0 Å². The summed E-state index contributed by atoms with van der Waals surface area (Å²) in [6, 6.07) is 2.90. The number of nitro groups is 1. The van der Waals surface area contributed by atoms with Gasteiger partial charge in [-0.15, -0.1) is 0 Å². The van der Waals surface area contributed by atoms with Crippen molar-refractivity contribution in [2.75, 3.05) is 7.11 Å². The van der Waals surface area contributed by atoms with Gasteiger partial charge in [0.05, 0.1) is 16.5 Å². The Kier molecular flexibility index (Phi) is 2.87. The topological polar surface area (TPSA) is 52.4 Å². The fourth-order valence-corrected chi connectivity index (χ4v) is 1.79. The minimum absolute atomic E-state index is 0.0603. The van der Waals surface area contributed by atoms with Crippen LogP contribution in [-0.4, -0.2) is 12.0 Å². The lowest BCUT2D eigenvalue weighted by Crippen LogP contribution is -1.93. The third-order valence-corrected chi connectivity index (χ3v) is 2.22. The third-order valence-electron chi connectivity index (χ3n) is 1.63. The molecule has 0 aliphatic carbocycles. The largest absolute Gasteiger partial charge is 0.495 e. The minimum Gasteiger partial charge on any atom is -0.495 e. The second kappa shape index (κ2) is 3.74. The number of hydrogen-bond acceptors (Lipinski definition) is 3. The van der Waals surface area contributed by atoms with Gasteiger partial charge in [-0.05, 0) is 28.4 Å². The van der Waals surface area contributed by atoms with E-state index in [-0.39, 0.29) is 5.69 Å². The number of hydrogen-bond donors (Lipinski definition) is 0. The molecule has 70 valence electrons. The molecule has 0 radical (unpaired) electrons. The lowest BCUT2D eigenvalue weighted by atomic mass is 10.2. The van der Waals surface area contributed by atoms with Crippen molar-refractivity contribution in [3.63, 3.8) is 0 Å². The van der Waals surface area contributed by atoms with Gasteiger partial charge in [-0.2, -0.15) is 0 Å². The number of methoxy groups -OCH3 is 1. The number of non-ortho nitro benzene ring substituents is 1. The van der Waals surface area contributed by atoms with Gasteiger partial charge in [0.1, 0.15) is 5.75 Å². The van der Waals surface area contributed by atoms with Crippen LogP contribution in [0.3, 0.4) is 0 Å². The first kappa shape index (κ1) is 9.98. The van der Waals surface area contributed by atoms with E-state index in [1.54, 1.807) is 6.92 Å². The van der Waals surface area contributed by atoms with Crippen LogP contribution in [0.4, 0.5) is 5.69 Å². The first-order valence-corrected chi connectivity index (χ1v) is 4.34. The predicted octanol–water partition coefficient (Wildman–Crippen LogP) is 2.67. The van der Waals surface area contributed by atoms with E-state index in [0.29, 0.717) is 10.2 Å². The zero-order valence-electron chi connectivity index (χ0n) is 7.20. The van der Waals surface area contributed by atoms with E-state index < -0.39 is 4.92 Å². The molecule has 0 fully saturated rings. The van der Waals surface area contributed by atoms with E-state index in [1.165, 1.54) is 19.2 Å². The smallest absolute Gasteiger partial charge is 0.271 e. The Labute approximate surface area is 83.8 Å². The molecule has 0 spiro atoms. The molecule has 0 saturated heterocycles. The van der Waals surface area contributed by atoms with Crippen LogP contribution in [0.25, 0.3) is 0 Å². The fourth-order valence-electron chi connectivity index (χ4n) is 1.08. The van der Waals surface area contributed by atoms with Gasteiger partial charge in [0, 0.05) is 12.1 Å². The zero-order chi connectivity index (χ0) is 10.0. The van der Waals surface area contributed by atoms with Gasteiger partial charge < -0.3 is 4.74 Å². The molecule has 13 heavy (non-hydrogen) atoms. The molecule has 1 aromatic rings. The van der Waals surface area contributed by atoms with E-state index in [1.807, 2.05) is 0 Å². The molecule has 0 aliphatic rings. The monoisotopic (exact) mass is 245 g/mol. The highest BCUT2D eigenvalue weighted by Gasteiger charge is 2.12. The highest BCUT2D eigenvalue weighted by atomic mass is 79.9. The summed E-state index contributed by atoms with van der Waals surface area (Å²) in [5, 5.41) is 10.4. The zero-order valence-corrected chi connectivity index (χ0v) is 8.79. The number of nitro benzene ring substituents is 1. The van der Waals surface area contributed by atoms with Crippen molar-refractivity contribution in [1.29, 1.82) is 0 Å². The number of rotatable bonds is 2. The Morgan fingerprint density at radius 1 is 1.54 bits per heavy atom. The number of ether oxygens (including phenoxy) is 1. The van der Waals surface area contributed by atoms with Crippen molar-refractivity contribution < 1.29 is 9.66 Å². The van der Waals surface area contributed by atoms with E-state index in [2.05, 4.69) is 15.9 Å². The molecular weight excluding hydrogens is 238 g/mol. The molecule has 4 nitrogen and oxygen atoms in total. The maximum absolute atomic E-state index is 10.4. The Morgan fingerprint density at radius 3 is 2.54 bits per heavy atom. The predicted molar refractivity (Wildman–Crippen MR) is 52.1 cm³/mol. The van der Waals surface area contributed by atoms with Gasteiger partial charge in [-0.3, -0.25) is 10.1 Å². The van der Waals surface area contributed by atoms with Crippen molar-refractivity contribution in [3.05, 3.63) is 32.3 Å². The van der Waals surface area contributed by atoms with Crippen molar-refractivity contribution in [2.24, 2.45) is 0 Å². The first-order valence-electron chi connectivity index (χ1n) is 3.54. The van der Waals surface area contributed by atoms with Crippen LogP contribution in [-0.2, 0) is 0 Å². The molecule has 1 rings (SSSR count). The van der Waals surface area contributed by atoms with Crippen LogP contribution in [0, 0.1) is 17.0 Å². The molecule has 0 bridgehead atoms. The van der Waals surface area contributed by atoms with Gasteiger partial charge in [-0.25, -0.2) is 0 Å². The van der Waals surface area contributed by atoms with Crippen LogP contribution < -0.4 is 4.74 Å². The summed E-state index contributed by atoms with van der Waals surface area (Å²) in [5.41, 5.74) is 0.800. The van der Waals surface area contributed by atoms with E-state index in [0.717, 1.165) is 5.56 Å². The summed E-state index contributed by atoms with van der Waals surface area (Å²) in [6.45, 7) is 1.76. The summed E-state index contributed by atoms with van der Waals surface area (Å²) in [6.07, 6.45) is 0. The van der Waals surface area contributed by atoms with Crippen LogP contribution in [0.1, 0.15) is 5.56 Å². The Bertz CT molecular complexity index is 328. The first-order chi connectivity index (χ1) is 6.06. The van der Waals surface area contributed by atoms with Crippen LogP contribution in [0.5, 0.6) is 5.75 Å². The lowest BCUT2D eigenvalue weighted by molar-refractivity contribution is -0.385. The molecule has 5 heteroatoms. The van der Waals surface area contributed by atoms with Gasteiger partial charge >= 0.3 is 0 Å². The summed E-state index contributed by atoms with van der Waals surface area (Å²) in [5.74, 6) is 0.630. The van der Waals surface area contributed by atoms with Gasteiger partial charge in [0.15, 0.2) is 0 Å². The number of benzene rings is 1. The second-order valence-corrected chi connectivity index (χ2v) is 3.39. The molecule has 0 unspecified atom stereocenters. The lowest BCUT2D eigenvalue weighted by Gasteiger charge is -2.05. The van der Waals surface area contributed by atoms with E-state index >= 15 is 0 Å². The molecule has 0 aromatic heterocycles. The number of halogens is 1. The summed E-state index contributed by atoms with van der Waals surface area (Å²) < 4.78 is 5.64. The highest BCUT2D eigenvalue weighted by molar-refractivity contribution is 9.10. The second-order valence-electron chi connectivity index (χ2n) is 2.53. The molecule has 0 amide bonds. The number of aryl methyl sites for hydroxylation is 1. The van der Waals surface area contributed by atoms with E-state index in [9.17, 15) is 10.1 Å². The van der Waals surface area contributed by atoms with Gasteiger partial charge in [0.25, 0.3) is 5.69 Å². The molecule has 0 N–H and O–H groups in total. The molecule has 0 heterocycles. The van der Waals surface area contributed by atoms with E-state index in [4.69, 9.17) is 4.74 Å². The third kappa shape index (κ3) is 1.98. The SMILES string of the molecule is COc1c(C)cc([N+](=O)[O-])cc1Br. The maximum atomic E-state index is 10.4. The minimum atomic E-state index is -0.433.